The standard InChI is InChI=1S/C17H15Cl2NO/c1-2-20-17(12-7-5-8-13(18)16(12)19)15-10-11-6-3-4-9-14(11)21-15/h3-10,17,20H,2H2,1H3. The van der Waals surface area contributed by atoms with Crippen LogP contribution >= 0.6 is 23.2 Å². The third kappa shape index (κ3) is 2.80. The Kier molecular flexibility index (Phi) is 4.20. The molecule has 0 aliphatic carbocycles. The Bertz CT molecular complexity index is 733. The molecule has 108 valence electrons. The number of hydrogen-bond acceptors (Lipinski definition) is 2. The van der Waals surface area contributed by atoms with E-state index < -0.39 is 0 Å². The summed E-state index contributed by atoms with van der Waals surface area (Å²) in [6, 6.07) is 15.5. The molecule has 0 aliphatic rings. The Morgan fingerprint density at radius 3 is 2.67 bits per heavy atom. The zero-order chi connectivity index (χ0) is 14.8. The van der Waals surface area contributed by atoms with Crippen LogP contribution in [0.15, 0.2) is 52.9 Å². The molecule has 1 atom stereocenters. The van der Waals surface area contributed by atoms with Crippen LogP contribution in [0.2, 0.25) is 10.0 Å². The Labute approximate surface area is 133 Å². The van der Waals surface area contributed by atoms with Crippen LogP contribution in [-0.2, 0) is 0 Å². The Morgan fingerprint density at radius 2 is 1.90 bits per heavy atom. The molecule has 0 fully saturated rings. The maximum absolute atomic E-state index is 6.36. The van der Waals surface area contributed by atoms with Crippen molar-refractivity contribution in [2.75, 3.05) is 6.54 Å². The predicted octanol–water partition coefficient (Wildman–Crippen LogP) is 5.44. The van der Waals surface area contributed by atoms with E-state index in [9.17, 15) is 0 Å². The fourth-order valence-electron chi connectivity index (χ4n) is 2.46. The minimum atomic E-state index is -0.117. The molecular formula is C17H15Cl2NO. The average Bonchev–Trinajstić information content (AvgIpc) is 2.91. The summed E-state index contributed by atoms with van der Waals surface area (Å²) in [6.45, 7) is 2.85. The van der Waals surface area contributed by atoms with Crippen LogP contribution in [0, 0.1) is 0 Å². The summed E-state index contributed by atoms with van der Waals surface area (Å²) in [5, 5.41) is 5.59. The van der Waals surface area contributed by atoms with Crippen LogP contribution < -0.4 is 5.32 Å². The third-order valence-electron chi connectivity index (χ3n) is 3.43. The van der Waals surface area contributed by atoms with Crippen molar-refractivity contribution in [1.82, 2.24) is 5.32 Å². The third-order valence-corrected chi connectivity index (χ3v) is 4.26. The first kappa shape index (κ1) is 14.5. The van der Waals surface area contributed by atoms with Gasteiger partial charge in [-0.05, 0) is 30.3 Å². The fourth-order valence-corrected chi connectivity index (χ4v) is 2.87. The number of rotatable bonds is 4. The second-order valence-electron chi connectivity index (χ2n) is 4.82. The van der Waals surface area contributed by atoms with Gasteiger partial charge in [0.25, 0.3) is 0 Å². The van der Waals surface area contributed by atoms with Gasteiger partial charge in [-0.2, -0.15) is 0 Å². The van der Waals surface area contributed by atoms with E-state index in [0.29, 0.717) is 10.0 Å². The van der Waals surface area contributed by atoms with Gasteiger partial charge in [-0.15, -0.1) is 0 Å². The Morgan fingerprint density at radius 1 is 1.10 bits per heavy atom. The van der Waals surface area contributed by atoms with Gasteiger partial charge in [0.05, 0.1) is 16.1 Å². The molecule has 0 bridgehead atoms. The molecular weight excluding hydrogens is 305 g/mol. The highest BCUT2D eigenvalue weighted by molar-refractivity contribution is 6.42. The first-order valence-corrected chi connectivity index (χ1v) is 7.62. The highest BCUT2D eigenvalue weighted by Crippen LogP contribution is 2.35. The number of furan rings is 1. The second kappa shape index (κ2) is 6.10. The molecule has 1 N–H and O–H groups in total. The Balaban J connectivity index is 2.10. The number of hydrogen-bond donors (Lipinski definition) is 1. The van der Waals surface area contributed by atoms with E-state index in [1.807, 2.05) is 49.4 Å². The van der Waals surface area contributed by atoms with Crippen molar-refractivity contribution >= 4 is 34.2 Å². The minimum absolute atomic E-state index is 0.117. The van der Waals surface area contributed by atoms with Crippen molar-refractivity contribution < 1.29 is 4.42 Å². The smallest absolute Gasteiger partial charge is 0.134 e. The lowest BCUT2D eigenvalue weighted by Gasteiger charge is -2.17. The van der Waals surface area contributed by atoms with E-state index in [2.05, 4.69) is 5.32 Å². The number of benzene rings is 2. The summed E-state index contributed by atoms with van der Waals surface area (Å²) in [7, 11) is 0. The molecule has 0 saturated heterocycles. The molecule has 0 amide bonds. The molecule has 0 saturated carbocycles. The van der Waals surface area contributed by atoms with Gasteiger partial charge >= 0.3 is 0 Å². The van der Waals surface area contributed by atoms with Crippen molar-refractivity contribution in [3.63, 3.8) is 0 Å². The molecule has 21 heavy (non-hydrogen) atoms. The largest absolute Gasteiger partial charge is 0.459 e. The fraction of sp³-hybridized carbons (Fsp3) is 0.176. The summed E-state index contributed by atoms with van der Waals surface area (Å²) in [5.41, 5.74) is 1.79. The van der Waals surface area contributed by atoms with E-state index in [0.717, 1.165) is 28.8 Å². The molecule has 3 aromatic rings. The molecule has 0 spiro atoms. The van der Waals surface area contributed by atoms with Gasteiger partial charge in [-0.25, -0.2) is 0 Å². The van der Waals surface area contributed by atoms with Crippen molar-refractivity contribution in [1.29, 1.82) is 0 Å². The maximum atomic E-state index is 6.36. The van der Waals surface area contributed by atoms with Crippen molar-refractivity contribution in [3.8, 4) is 0 Å². The number of para-hydroxylation sites is 1. The van der Waals surface area contributed by atoms with E-state index in [-0.39, 0.29) is 6.04 Å². The predicted molar refractivity (Wildman–Crippen MR) is 88.2 cm³/mol. The van der Waals surface area contributed by atoms with E-state index >= 15 is 0 Å². The first-order chi connectivity index (χ1) is 10.2. The van der Waals surface area contributed by atoms with Crippen molar-refractivity contribution in [2.45, 2.75) is 13.0 Å². The molecule has 3 rings (SSSR count). The van der Waals surface area contributed by atoms with Gasteiger partial charge in [-0.1, -0.05) is 60.5 Å². The Hall–Kier alpha value is -1.48. The van der Waals surface area contributed by atoms with Crippen molar-refractivity contribution in [2.24, 2.45) is 0 Å². The normalized spacial score (nSPS) is 12.7. The van der Waals surface area contributed by atoms with E-state index in [4.69, 9.17) is 27.6 Å². The molecule has 2 nitrogen and oxygen atoms in total. The quantitative estimate of drug-likeness (QED) is 0.692. The number of halogens is 2. The lowest BCUT2D eigenvalue weighted by Crippen LogP contribution is -2.21. The minimum Gasteiger partial charge on any atom is -0.459 e. The summed E-state index contributed by atoms with van der Waals surface area (Å²) >= 11 is 12.5. The molecule has 4 heteroatoms. The van der Waals surface area contributed by atoms with Gasteiger partial charge in [0.1, 0.15) is 11.3 Å². The summed E-state index contributed by atoms with van der Waals surface area (Å²) in [5.74, 6) is 0.835. The molecule has 0 aliphatic heterocycles. The van der Waals surface area contributed by atoms with Gasteiger partial charge in [0.15, 0.2) is 0 Å². The lowest BCUT2D eigenvalue weighted by molar-refractivity contribution is 0.477. The van der Waals surface area contributed by atoms with Crippen LogP contribution in [0.25, 0.3) is 11.0 Å². The van der Waals surface area contributed by atoms with Crippen LogP contribution in [-0.4, -0.2) is 6.54 Å². The maximum Gasteiger partial charge on any atom is 0.134 e. The van der Waals surface area contributed by atoms with E-state index in [1.54, 1.807) is 6.07 Å². The van der Waals surface area contributed by atoms with E-state index in [1.165, 1.54) is 0 Å². The lowest BCUT2D eigenvalue weighted by atomic mass is 10.0. The highest BCUT2D eigenvalue weighted by Gasteiger charge is 2.21. The number of fused-ring (bicyclic) bond motifs is 1. The summed E-state index contributed by atoms with van der Waals surface area (Å²) in [6.07, 6.45) is 0. The van der Waals surface area contributed by atoms with Crippen LogP contribution in [0.3, 0.4) is 0 Å². The van der Waals surface area contributed by atoms with Crippen LogP contribution in [0.4, 0.5) is 0 Å². The molecule has 0 radical (unpaired) electrons. The topological polar surface area (TPSA) is 25.2 Å². The zero-order valence-electron chi connectivity index (χ0n) is 11.6. The highest BCUT2D eigenvalue weighted by atomic mass is 35.5. The van der Waals surface area contributed by atoms with Gasteiger partial charge < -0.3 is 9.73 Å². The number of nitrogens with one attached hydrogen (secondary N) is 1. The van der Waals surface area contributed by atoms with Crippen molar-refractivity contribution in [3.05, 3.63) is 69.9 Å². The molecule has 2 aromatic carbocycles. The van der Waals surface area contributed by atoms with Crippen LogP contribution in [0.5, 0.6) is 0 Å². The summed E-state index contributed by atoms with van der Waals surface area (Å²) < 4.78 is 5.97. The van der Waals surface area contributed by atoms with Gasteiger partial charge in [0, 0.05) is 5.39 Å². The molecule has 1 unspecified atom stereocenters. The monoisotopic (exact) mass is 319 g/mol. The zero-order valence-corrected chi connectivity index (χ0v) is 13.1. The molecule has 1 aromatic heterocycles. The molecule has 1 heterocycles. The van der Waals surface area contributed by atoms with Gasteiger partial charge in [0.2, 0.25) is 0 Å². The first-order valence-electron chi connectivity index (χ1n) is 6.86. The summed E-state index contributed by atoms with van der Waals surface area (Å²) in [4.78, 5) is 0. The average molecular weight is 320 g/mol. The van der Waals surface area contributed by atoms with Crippen LogP contribution in [0.1, 0.15) is 24.3 Å². The second-order valence-corrected chi connectivity index (χ2v) is 5.61. The SMILES string of the molecule is CCNC(c1cc2ccccc2o1)c1cccc(Cl)c1Cl. The van der Waals surface area contributed by atoms with Gasteiger partial charge in [-0.3, -0.25) is 0 Å².